The highest BCUT2D eigenvalue weighted by Gasteiger charge is 2.37. The predicted octanol–water partition coefficient (Wildman–Crippen LogP) is 4.05. The maximum Gasteiger partial charge on any atom is 0.0685 e. The summed E-state index contributed by atoms with van der Waals surface area (Å²) in [6, 6.07) is 17.3. The minimum absolute atomic E-state index is 0.318. The van der Waals surface area contributed by atoms with Gasteiger partial charge in [0.2, 0.25) is 0 Å². The second-order valence-corrected chi connectivity index (χ2v) is 6.19. The van der Waals surface area contributed by atoms with Crippen molar-refractivity contribution >= 4 is 21.4 Å². The fourth-order valence-electron chi connectivity index (χ4n) is 3.26. The summed E-state index contributed by atoms with van der Waals surface area (Å²) in [5.41, 5.74) is 10.5. The van der Waals surface area contributed by atoms with Gasteiger partial charge >= 0.3 is 0 Å². The molecule has 2 heteroatoms. The van der Waals surface area contributed by atoms with E-state index < -0.39 is 0 Å². The van der Waals surface area contributed by atoms with E-state index in [0.717, 1.165) is 12.8 Å². The molecule has 1 aromatic heterocycles. The predicted molar refractivity (Wildman–Crippen MR) is 81.6 cm³/mol. The number of rotatable bonds is 1. The molecule has 0 saturated heterocycles. The van der Waals surface area contributed by atoms with Gasteiger partial charge in [-0.25, -0.2) is 0 Å². The molecule has 0 aliphatic heterocycles. The van der Waals surface area contributed by atoms with E-state index in [4.69, 9.17) is 5.73 Å². The maximum absolute atomic E-state index is 6.82. The van der Waals surface area contributed by atoms with Crippen molar-refractivity contribution in [1.29, 1.82) is 0 Å². The SMILES string of the molecule is NC1(c2cccc3ccsc23)CCc2ccccc21. The fraction of sp³-hybridized carbons (Fsp3) is 0.176. The highest BCUT2D eigenvalue weighted by atomic mass is 32.1. The fourth-order valence-corrected chi connectivity index (χ4v) is 4.26. The summed E-state index contributed by atoms with van der Waals surface area (Å²) >= 11 is 1.79. The van der Waals surface area contributed by atoms with Gasteiger partial charge in [0, 0.05) is 4.70 Å². The summed E-state index contributed by atoms with van der Waals surface area (Å²) in [5, 5.41) is 3.45. The highest BCUT2D eigenvalue weighted by molar-refractivity contribution is 7.17. The van der Waals surface area contributed by atoms with Gasteiger partial charge in [0.15, 0.2) is 0 Å². The van der Waals surface area contributed by atoms with Crippen LogP contribution in [0.4, 0.5) is 0 Å². The molecule has 0 spiro atoms. The molecule has 1 aliphatic carbocycles. The third kappa shape index (κ3) is 1.50. The Bertz CT molecular complexity index is 759. The third-order valence-electron chi connectivity index (χ3n) is 4.25. The summed E-state index contributed by atoms with van der Waals surface area (Å²) in [6.07, 6.45) is 2.08. The minimum atomic E-state index is -0.318. The molecule has 1 nitrogen and oxygen atoms in total. The van der Waals surface area contributed by atoms with Gasteiger partial charge in [-0.3, -0.25) is 0 Å². The quantitative estimate of drug-likeness (QED) is 0.705. The lowest BCUT2D eigenvalue weighted by Gasteiger charge is -2.26. The summed E-state index contributed by atoms with van der Waals surface area (Å²) < 4.78 is 1.33. The molecule has 1 aliphatic rings. The van der Waals surface area contributed by atoms with Crippen molar-refractivity contribution in [3.63, 3.8) is 0 Å². The van der Waals surface area contributed by atoms with E-state index in [9.17, 15) is 0 Å². The Balaban J connectivity index is 2.00. The largest absolute Gasteiger partial charge is 0.318 e. The molecule has 0 amide bonds. The zero-order chi connectivity index (χ0) is 12.9. The lowest BCUT2D eigenvalue weighted by Crippen LogP contribution is -2.35. The summed E-state index contributed by atoms with van der Waals surface area (Å²) in [5.74, 6) is 0. The molecular weight excluding hydrogens is 250 g/mol. The molecule has 3 aromatic rings. The van der Waals surface area contributed by atoms with Crippen molar-refractivity contribution in [3.05, 3.63) is 70.6 Å². The molecule has 1 atom stereocenters. The molecule has 0 saturated carbocycles. The number of fused-ring (bicyclic) bond motifs is 2. The standard InChI is InChI=1S/C17H15NS/c18-17(10-8-12-4-1-2-6-14(12)17)15-7-3-5-13-9-11-19-16(13)15/h1-7,9,11H,8,10,18H2. The Labute approximate surface area is 116 Å². The molecule has 4 rings (SSSR count). The topological polar surface area (TPSA) is 26.0 Å². The first-order valence-corrected chi connectivity index (χ1v) is 7.51. The first-order chi connectivity index (χ1) is 9.29. The van der Waals surface area contributed by atoms with E-state index in [0.29, 0.717) is 0 Å². The molecule has 2 N–H and O–H groups in total. The van der Waals surface area contributed by atoms with Crippen molar-refractivity contribution < 1.29 is 0 Å². The Hall–Kier alpha value is -1.64. The first-order valence-electron chi connectivity index (χ1n) is 6.63. The van der Waals surface area contributed by atoms with Crippen LogP contribution in [0.1, 0.15) is 23.1 Å². The molecule has 1 unspecified atom stereocenters. The molecular formula is C17H15NS. The van der Waals surface area contributed by atoms with E-state index in [2.05, 4.69) is 53.9 Å². The van der Waals surface area contributed by atoms with Crippen LogP contribution in [0.25, 0.3) is 10.1 Å². The van der Waals surface area contributed by atoms with E-state index in [1.54, 1.807) is 11.3 Å². The van der Waals surface area contributed by atoms with Gasteiger partial charge < -0.3 is 5.73 Å². The van der Waals surface area contributed by atoms with Crippen molar-refractivity contribution in [2.45, 2.75) is 18.4 Å². The molecule has 94 valence electrons. The normalized spacial score (nSPS) is 21.7. The second-order valence-electron chi connectivity index (χ2n) is 5.27. The molecule has 2 aromatic carbocycles. The zero-order valence-corrected chi connectivity index (χ0v) is 11.4. The number of aryl methyl sites for hydroxylation is 1. The van der Waals surface area contributed by atoms with Gasteiger partial charge in [0.05, 0.1) is 5.54 Å². The second kappa shape index (κ2) is 3.92. The van der Waals surface area contributed by atoms with Gasteiger partial charge in [0.1, 0.15) is 0 Å². The summed E-state index contributed by atoms with van der Waals surface area (Å²) in [4.78, 5) is 0. The van der Waals surface area contributed by atoms with Crippen LogP contribution in [0, 0.1) is 0 Å². The molecule has 0 fully saturated rings. The van der Waals surface area contributed by atoms with Crippen LogP contribution in [0.2, 0.25) is 0 Å². The molecule has 1 heterocycles. The number of hydrogen-bond acceptors (Lipinski definition) is 2. The van der Waals surface area contributed by atoms with Gasteiger partial charge in [-0.1, -0.05) is 42.5 Å². The van der Waals surface area contributed by atoms with Gasteiger partial charge in [-0.15, -0.1) is 11.3 Å². The third-order valence-corrected chi connectivity index (χ3v) is 5.21. The lowest BCUT2D eigenvalue weighted by atomic mass is 9.85. The summed E-state index contributed by atoms with van der Waals surface area (Å²) in [6.45, 7) is 0. The minimum Gasteiger partial charge on any atom is -0.318 e. The molecule has 19 heavy (non-hydrogen) atoms. The average Bonchev–Trinajstić information content (AvgIpc) is 3.05. The van der Waals surface area contributed by atoms with E-state index in [1.165, 1.54) is 26.8 Å². The average molecular weight is 265 g/mol. The van der Waals surface area contributed by atoms with Crippen molar-refractivity contribution in [3.8, 4) is 0 Å². The number of thiophene rings is 1. The molecule has 0 radical (unpaired) electrons. The van der Waals surface area contributed by atoms with Crippen LogP contribution in [0.15, 0.2) is 53.9 Å². The first kappa shape index (κ1) is 11.2. The monoisotopic (exact) mass is 265 g/mol. The van der Waals surface area contributed by atoms with E-state index in [-0.39, 0.29) is 5.54 Å². The number of hydrogen-bond donors (Lipinski definition) is 1. The Morgan fingerprint density at radius 2 is 1.79 bits per heavy atom. The Morgan fingerprint density at radius 1 is 0.947 bits per heavy atom. The van der Waals surface area contributed by atoms with Gasteiger partial charge in [-0.05, 0) is 46.4 Å². The van der Waals surface area contributed by atoms with Crippen molar-refractivity contribution in [2.75, 3.05) is 0 Å². The van der Waals surface area contributed by atoms with Crippen LogP contribution < -0.4 is 5.73 Å². The van der Waals surface area contributed by atoms with Crippen molar-refractivity contribution in [1.82, 2.24) is 0 Å². The number of benzene rings is 2. The van der Waals surface area contributed by atoms with Crippen LogP contribution >= 0.6 is 11.3 Å². The Morgan fingerprint density at radius 3 is 2.74 bits per heavy atom. The van der Waals surface area contributed by atoms with Crippen LogP contribution in [-0.4, -0.2) is 0 Å². The van der Waals surface area contributed by atoms with Crippen LogP contribution in [0.5, 0.6) is 0 Å². The van der Waals surface area contributed by atoms with E-state index in [1.807, 2.05) is 0 Å². The zero-order valence-electron chi connectivity index (χ0n) is 10.6. The van der Waals surface area contributed by atoms with Gasteiger partial charge in [-0.2, -0.15) is 0 Å². The van der Waals surface area contributed by atoms with Crippen LogP contribution in [0.3, 0.4) is 0 Å². The maximum atomic E-state index is 6.82. The molecule has 0 bridgehead atoms. The highest BCUT2D eigenvalue weighted by Crippen LogP contribution is 2.43. The summed E-state index contributed by atoms with van der Waals surface area (Å²) in [7, 11) is 0. The lowest BCUT2D eigenvalue weighted by molar-refractivity contribution is 0.540. The van der Waals surface area contributed by atoms with Gasteiger partial charge in [0.25, 0.3) is 0 Å². The number of nitrogens with two attached hydrogens (primary N) is 1. The van der Waals surface area contributed by atoms with Crippen LogP contribution in [-0.2, 0) is 12.0 Å². The Kier molecular flexibility index (Phi) is 2.32. The smallest absolute Gasteiger partial charge is 0.0685 e. The van der Waals surface area contributed by atoms with Crippen molar-refractivity contribution in [2.24, 2.45) is 5.73 Å². The van der Waals surface area contributed by atoms with E-state index >= 15 is 0 Å².